The maximum atomic E-state index is 6.11. The van der Waals surface area contributed by atoms with Gasteiger partial charge in [-0.3, -0.25) is 0 Å². The zero-order chi connectivity index (χ0) is 14.7. The molecule has 2 N–H and O–H groups in total. The van der Waals surface area contributed by atoms with E-state index >= 15 is 0 Å². The molecule has 0 aliphatic heterocycles. The maximum absolute atomic E-state index is 6.11. The first-order valence-corrected chi connectivity index (χ1v) is 8.06. The van der Waals surface area contributed by atoms with Crippen LogP contribution < -0.4 is 15.4 Å². The maximum Gasteiger partial charge on any atom is 0.125 e. The second-order valence-electron chi connectivity index (χ2n) is 4.77. The van der Waals surface area contributed by atoms with Crippen molar-refractivity contribution >= 4 is 33.0 Å². The van der Waals surface area contributed by atoms with Crippen LogP contribution in [0.2, 0.25) is 0 Å². The Balaban J connectivity index is 2.31. The molecule has 0 aliphatic rings. The lowest BCUT2D eigenvalue weighted by molar-refractivity contribution is 0.407. The van der Waals surface area contributed by atoms with Crippen molar-refractivity contribution in [2.75, 3.05) is 19.1 Å². The van der Waals surface area contributed by atoms with Gasteiger partial charge in [0, 0.05) is 39.1 Å². The Morgan fingerprint density at radius 3 is 2.75 bits per heavy atom. The minimum Gasteiger partial charge on any atom is -0.496 e. The molecule has 1 atom stereocenters. The van der Waals surface area contributed by atoms with Gasteiger partial charge in [0.2, 0.25) is 0 Å². The van der Waals surface area contributed by atoms with E-state index in [4.69, 9.17) is 10.5 Å². The predicted molar refractivity (Wildman–Crippen MR) is 89.7 cm³/mol. The van der Waals surface area contributed by atoms with Crippen LogP contribution in [0.4, 0.5) is 5.69 Å². The third-order valence-electron chi connectivity index (χ3n) is 3.14. The zero-order valence-electron chi connectivity index (χ0n) is 11.9. The first kappa shape index (κ1) is 15.4. The summed E-state index contributed by atoms with van der Waals surface area (Å²) in [5.74, 6) is 0.844. The van der Waals surface area contributed by atoms with Crippen molar-refractivity contribution in [1.29, 1.82) is 0 Å². The van der Waals surface area contributed by atoms with Gasteiger partial charge in [-0.15, -0.1) is 11.3 Å². The minimum atomic E-state index is -0.0707. The standard InChI is InChI=1S/C15H19BrN2OS/c1-10(17)15-13(5-4-6-14(15)19-3)18(2)8-12-7-11(16)9-20-12/h4-7,9-10H,8,17H2,1-3H3. The third-order valence-corrected chi connectivity index (χ3v) is 4.83. The molecule has 0 amide bonds. The number of nitrogens with zero attached hydrogens (tertiary/aromatic N) is 1. The number of halogens is 1. The molecule has 0 saturated heterocycles. The molecular formula is C15H19BrN2OS. The van der Waals surface area contributed by atoms with Crippen LogP contribution in [0.3, 0.4) is 0 Å². The van der Waals surface area contributed by atoms with Gasteiger partial charge in [-0.2, -0.15) is 0 Å². The second-order valence-corrected chi connectivity index (χ2v) is 6.68. The summed E-state index contributed by atoms with van der Waals surface area (Å²) < 4.78 is 6.57. The van der Waals surface area contributed by atoms with Crippen LogP contribution in [0.5, 0.6) is 5.75 Å². The van der Waals surface area contributed by atoms with Gasteiger partial charge in [0.1, 0.15) is 5.75 Å². The number of thiophene rings is 1. The smallest absolute Gasteiger partial charge is 0.125 e. The van der Waals surface area contributed by atoms with Crippen molar-refractivity contribution in [2.24, 2.45) is 5.73 Å². The number of benzene rings is 1. The van der Waals surface area contributed by atoms with Crippen molar-refractivity contribution in [3.05, 3.63) is 44.6 Å². The molecule has 1 unspecified atom stereocenters. The van der Waals surface area contributed by atoms with E-state index in [1.54, 1.807) is 18.4 Å². The van der Waals surface area contributed by atoms with Crippen molar-refractivity contribution in [3.63, 3.8) is 0 Å². The van der Waals surface area contributed by atoms with E-state index in [1.807, 2.05) is 19.1 Å². The van der Waals surface area contributed by atoms with Crippen LogP contribution >= 0.6 is 27.3 Å². The van der Waals surface area contributed by atoms with Gasteiger partial charge >= 0.3 is 0 Å². The van der Waals surface area contributed by atoms with Crippen molar-refractivity contribution in [3.8, 4) is 5.75 Å². The van der Waals surface area contributed by atoms with Crippen molar-refractivity contribution in [1.82, 2.24) is 0 Å². The monoisotopic (exact) mass is 354 g/mol. The molecule has 1 aromatic carbocycles. The Bertz CT molecular complexity index is 583. The molecule has 0 aliphatic carbocycles. The Labute approximate surface area is 132 Å². The molecule has 2 rings (SSSR count). The van der Waals surface area contributed by atoms with Crippen LogP contribution in [0, 0.1) is 0 Å². The van der Waals surface area contributed by atoms with E-state index in [1.165, 1.54) is 4.88 Å². The Kier molecular flexibility index (Phi) is 5.07. The SMILES string of the molecule is COc1cccc(N(C)Cc2cc(Br)cs2)c1C(C)N. The Hall–Kier alpha value is -1.04. The number of rotatable bonds is 5. The van der Waals surface area contributed by atoms with Gasteiger partial charge in [0.15, 0.2) is 0 Å². The van der Waals surface area contributed by atoms with Crippen molar-refractivity contribution in [2.45, 2.75) is 19.5 Å². The molecule has 0 saturated carbocycles. The number of methoxy groups -OCH3 is 1. The average Bonchev–Trinajstić information content (AvgIpc) is 2.82. The molecule has 0 bridgehead atoms. The molecular weight excluding hydrogens is 336 g/mol. The fourth-order valence-electron chi connectivity index (χ4n) is 2.26. The van der Waals surface area contributed by atoms with E-state index < -0.39 is 0 Å². The summed E-state index contributed by atoms with van der Waals surface area (Å²) in [7, 11) is 3.76. The Morgan fingerprint density at radius 1 is 1.45 bits per heavy atom. The molecule has 3 nitrogen and oxygen atoms in total. The predicted octanol–water partition coefficient (Wildman–Crippen LogP) is 4.18. The number of hydrogen-bond acceptors (Lipinski definition) is 4. The number of nitrogens with two attached hydrogens (primary N) is 1. The summed E-state index contributed by atoms with van der Waals surface area (Å²) in [6.45, 7) is 2.83. The van der Waals surface area contributed by atoms with E-state index in [9.17, 15) is 0 Å². The lowest BCUT2D eigenvalue weighted by atomic mass is 10.0. The quantitative estimate of drug-likeness (QED) is 0.875. The summed E-state index contributed by atoms with van der Waals surface area (Å²) in [6.07, 6.45) is 0. The van der Waals surface area contributed by atoms with Gasteiger partial charge in [-0.05, 0) is 41.1 Å². The van der Waals surface area contributed by atoms with Crippen LogP contribution in [-0.4, -0.2) is 14.2 Å². The first-order chi connectivity index (χ1) is 9.52. The van der Waals surface area contributed by atoms with E-state index in [0.717, 1.165) is 28.0 Å². The fourth-order valence-corrected chi connectivity index (χ4v) is 3.76. The lowest BCUT2D eigenvalue weighted by Crippen LogP contribution is -2.20. The van der Waals surface area contributed by atoms with Gasteiger partial charge in [-0.25, -0.2) is 0 Å². The molecule has 0 spiro atoms. The first-order valence-electron chi connectivity index (χ1n) is 6.39. The van der Waals surface area contributed by atoms with Crippen LogP contribution in [0.1, 0.15) is 23.4 Å². The van der Waals surface area contributed by atoms with Gasteiger partial charge in [0.25, 0.3) is 0 Å². The highest BCUT2D eigenvalue weighted by atomic mass is 79.9. The molecule has 1 heterocycles. The Morgan fingerprint density at radius 2 is 2.20 bits per heavy atom. The summed E-state index contributed by atoms with van der Waals surface area (Å²) in [4.78, 5) is 3.51. The highest BCUT2D eigenvalue weighted by Crippen LogP contribution is 2.34. The van der Waals surface area contributed by atoms with Gasteiger partial charge < -0.3 is 15.4 Å². The average molecular weight is 355 g/mol. The largest absolute Gasteiger partial charge is 0.496 e. The fraction of sp³-hybridized carbons (Fsp3) is 0.333. The number of ether oxygens (including phenoxy) is 1. The number of hydrogen-bond donors (Lipinski definition) is 1. The zero-order valence-corrected chi connectivity index (χ0v) is 14.3. The third kappa shape index (κ3) is 3.34. The van der Waals surface area contributed by atoms with E-state index in [0.29, 0.717) is 0 Å². The topological polar surface area (TPSA) is 38.5 Å². The van der Waals surface area contributed by atoms with Crippen LogP contribution in [0.15, 0.2) is 34.1 Å². The molecule has 5 heteroatoms. The minimum absolute atomic E-state index is 0.0707. The van der Waals surface area contributed by atoms with Crippen LogP contribution in [-0.2, 0) is 6.54 Å². The summed E-state index contributed by atoms with van der Waals surface area (Å²) in [6, 6.07) is 8.12. The van der Waals surface area contributed by atoms with Gasteiger partial charge in [0.05, 0.1) is 13.7 Å². The van der Waals surface area contributed by atoms with E-state index in [2.05, 4.69) is 45.4 Å². The summed E-state index contributed by atoms with van der Waals surface area (Å²) in [5, 5.41) is 2.10. The molecule has 0 fully saturated rings. The normalized spacial score (nSPS) is 12.2. The summed E-state index contributed by atoms with van der Waals surface area (Å²) >= 11 is 5.24. The van der Waals surface area contributed by atoms with Crippen LogP contribution in [0.25, 0.3) is 0 Å². The van der Waals surface area contributed by atoms with E-state index in [-0.39, 0.29) is 6.04 Å². The molecule has 0 radical (unpaired) electrons. The highest BCUT2D eigenvalue weighted by molar-refractivity contribution is 9.10. The molecule has 20 heavy (non-hydrogen) atoms. The highest BCUT2D eigenvalue weighted by Gasteiger charge is 2.16. The molecule has 2 aromatic rings. The summed E-state index contributed by atoms with van der Waals surface area (Å²) in [5.41, 5.74) is 8.28. The molecule has 1 aromatic heterocycles. The number of anilines is 1. The molecule has 108 valence electrons. The lowest BCUT2D eigenvalue weighted by Gasteiger charge is -2.25. The second kappa shape index (κ2) is 6.61. The van der Waals surface area contributed by atoms with Gasteiger partial charge in [-0.1, -0.05) is 6.07 Å². The van der Waals surface area contributed by atoms with Crippen molar-refractivity contribution < 1.29 is 4.74 Å².